The normalized spacial score (nSPS) is 26.8. The first-order valence-corrected chi connectivity index (χ1v) is 6.08. The molecule has 0 spiro atoms. The van der Waals surface area contributed by atoms with Gasteiger partial charge in [0.15, 0.2) is 0 Å². The Bertz CT molecular complexity index is 298. The number of rotatable bonds is 3. The van der Waals surface area contributed by atoms with Crippen LogP contribution in [-0.2, 0) is 6.42 Å². The largest absolute Gasteiger partial charge is 0.332 e. The third kappa shape index (κ3) is 2.40. The van der Waals surface area contributed by atoms with Crippen molar-refractivity contribution in [3.05, 3.63) is 18.2 Å². The molecular weight excluding hydrogens is 186 g/mol. The van der Waals surface area contributed by atoms with Gasteiger partial charge < -0.3 is 10.3 Å². The Morgan fingerprint density at radius 3 is 2.80 bits per heavy atom. The van der Waals surface area contributed by atoms with Crippen molar-refractivity contribution in [2.75, 3.05) is 0 Å². The molecule has 0 aliphatic heterocycles. The van der Waals surface area contributed by atoms with Crippen molar-refractivity contribution in [3.63, 3.8) is 0 Å². The van der Waals surface area contributed by atoms with Gasteiger partial charge in [0.1, 0.15) is 5.82 Å². The van der Waals surface area contributed by atoms with E-state index in [-0.39, 0.29) is 0 Å². The van der Waals surface area contributed by atoms with Gasteiger partial charge in [-0.05, 0) is 32.1 Å². The Balaban J connectivity index is 2.05. The maximum Gasteiger partial charge on any atom is 0.108 e. The lowest BCUT2D eigenvalue weighted by atomic mass is 9.91. The summed E-state index contributed by atoms with van der Waals surface area (Å²) < 4.78 is 2.37. The minimum absolute atomic E-state index is 0.430. The first-order chi connectivity index (χ1) is 7.31. The van der Waals surface area contributed by atoms with Crippen LogP contribution in [0.1, 0.15) is 50.9 Å². The molecule has 84 valence electrons. The fraction of sp³-hybridized carbons (Fsp3) is 0.750. The van der Waals surface area contributed by atoms with E-state index in [4.69, 9.17) is 5.73 Å². The Morgan fingerprint density at radius 1 is 1.40 bits per heavy atom. The van der Waals surface area contributed by atoms with Gasteiger partial charge in [0, 0.05) is 30.9 Å². The standard InChI is InChI=1S/C12H21N3/c1-2-3-12-14-8-9-15(12)11-6-4-10(13)5-7-11/h8-11H,2-7,13H2,1H3. The molecule has 1 saturated carbocycles. The summed E-state index contributed by atoms with van der Waals surface area (Å²) in [6.45, 7) is 2.20. The van der Waals surface area contributed by atoms with Crippen molar-refractivity contribution in [1.82, 2.24) is 9.55 Å². The molecule has 1 heterocycles. The van der Waals surface area contributed by atoms with Crippen LogP contribution in [0.3, 0.4) is 0 Å². The van der Waals surface area contributed by atoms with Crippen LogP contribution in [-0.4, -0.2) is 15.6 Å². The molecular formula is C12H21N3. The van der Waals surface area contributed by atoms with Crippen molar-refractivity contribution in [3.8, 4) is 0 Å². The molecule has 3 heteroatoms. The Morgan fingerprint density at radius 2 is 2.13 bits per heavy atom. The lowest BCUT2D eigenvalue weighted by Crippen LogP contribution is -2.28. The van der Waals surface area contributed by atoms with Crippen molar-refractivity contribution < 1.29 is 0 Å². The van der Waals surface area contributed by atoms with Crippen LogP contribution >= 0.6 is 0 Å². The van der Waals surface area contributed by atoms with Crippen LogP contribution in [0.15, 0.2) is 12.4 Å². The van der Waals surface area contributed by atoms with Crippen LogP contribution in [0.2, 0.25) is 0 Å². The summed E-state index contributed by atoms with van der Waals surface area (Å²) in [7, 11) is 0. The van der Waals surface area contributed by atoms with Crippen molar-refractivity contribution >= 4 is 0 Å². The fourth-order valence-corrected chi connectivity index (χ4v) is 2.47. The highest BCUT2D eigenvalue weighted by Crippen LogP contribution is 2.28. The second kappa shape index (κ2) is 4.79. The van der Waals surface area contributed by atoms with Gasteiger partial charge in [-0.1, -0.05) is 6.92 Å². The van der Waals surface area contributed by atoms with E-state index in [1.807, 2.05) is 6.20 Å². The predicted octanol–water partition coefficient (Wildman–Crippen LogP) is 2.28. The first kappa shape index (κ1) is 10.7. The van der Waals surface area contributed by atoms with Crippen molar-refractivity contribution in [1.29, 1.82) is 0 Å². The highest BCUT2D eigenvalue weighted by atomic mass is 15.1. The van der Waals surface area contributed by atoms with E-state index in [1.54, 1.807) is 0 Å². The molecule has 2 N–H and O–H groups in total. The summed E-state index contributed by atoms with van der Waals surface area (Å²) in [6.07, 6.45) is 11.1. The number of aromatic nitrogens is 2. The molecule has 0 unspecified atom stereocenters. The van der Waals surface area contributed by atoms with Crippen LogP contribution in [0.4, 0.5) is 0 Å². The maximum absolute atomic E-state index is 5.92. The van der Waals surface area contributed by atoms with Crippen LogP contribution in [0.25, 0.3) is 0 Å². The molecule has 2 rings (SSSR count). The number of hydrogen-bond donors (Lipinski definition) is 1. The highest BCUT2D eigenvalue weighted by Gasteiger charge is 2.21. The molecule has 0 atom stereocenters. The van der Waals surface area contributed by atoms with Gasteiger partial charge in [0.05, 0.1) is 0 Å². The lowest BCUT2D eigenvalue weighted by molar-refractivity contribution is 0.317. The molecule has 3 nitrogen and oxygen atoms in total. The molecule has 0 aromatic carbocycles. The molecule has 1 aliphatic carbocycles. The zero-order valence-corrected chi connectivity index (χ0v) is 9.52. The minimum Gasteiger partial charge on any atom is -0.332 e. The van der Waals surface area contributed by atoms with Crippen LogP contribution in [0.5, 0.6) is 0 Å². The molecule has 1 aliphatic rings. The first-order valence-electron chi connectivity index (χ1n) is 6.08. The summed E-state index contributed by atoms with van der Waals surface area (Å²) in [6, 6.07) is 1.08. The summed E-state index contributed by atoms with van der Waals surface area (Å²) in [4.78, 5) is 4.43. The number of nitrogens with zero attached hydrogens (tertiary/aromatic N) is 2. The van der Waals surface area contributed by atoms with Gasteiger partial charge in [-0.25, -0.2) is 4.98 Å². The third-order valence-electron chi connectivity index (χ3n) is 3.36. The number of aryl methyl sites for hydroxylation is 1. The van der Waals surface area contributed by atoms with E-state index in [0.29, 0.717) is 12.1 Å². The number of nitrogens with two attached hydrogens (primary N) is 1. The molecule has 0 radical (unpaired) electrons. The summed E-state index contributed by atoms with van der Waals surface area (Å²) >= 11 is 0. The number of hydrogen-bond acceptors (Lipinski definition) is 2. The van der Waals surface area contributed by atoms with E-state index >= 15 is 0 Å². The average Bonchev–Trinajstić information content (AvgIpc) is 2.68. The molecule has 1 fully saturated rings. The zero-order valence-electron chi connectivity index (χ0n) is 9.52. The van der Waals surface area contributed by atoms with Crippen molar-refractivity contribution in [2.24, 2.45) is 5.73 Å². The molecule has 1 aromatic rings. The van der Waals surface area contributed by atoms with Gasteiger partial charge >= 0.3 is 0 Å². The lowest BCUT2D eigenvalue weighted by Gasteiger charge is -2.28. The van der Waals surface area contributed by atoms with Gasteiger partial charge in [-0.2, -0.15) is 0 Å². The molecule has 15 heavy (non-hydrogen) atoms. The van der Waals surface area contributed by atoms with Gasteiger partial charge in [-0.15, -0.1) is 0 Å². The predicted molar refractivity (Wildman–Crippen MR) is 61.7 cm³/mol. The quantitative estimate of drug-likeness (QED) is 0.826. The third-order valence-corrected chi connectivity index (χ3v) is 3.36. The summed E-state index contributed by atoms with van der Waals surface area (Å²) in [5.41, 5.74) is 5.92. The topological polar surface area (TPSA) is 43.8 Å². The summed E-state index contributed by atoms with van der Waals surface area (Å²) in [5, 5.41) is 0. The monoisotopic (exact) mass is 207 g/mol. The van der Waals surface area contributed by atoms with Crippen LogP contribution < -0.4 is 5.73 Å². The minimum atomic E-state index is 0.430. The molecule has 0 saturated heterocycles. The van der Waals surface area contributed by atoms with Crippen LogP contribution in [0, 0.1) is 0 Å². The molecule has 0 amide bonds. The fourth-order valence-electron chi connectivity index (χ4n) is 2.47. The van der Waals surface area contributed by atoms with Crippen molar-refractivity contribution in [2.45, 2.75) is 57.5 Å². The number of imidazole rings is 1. The Hall–Kier alpha value is -0.830. The highest BCUT2D eigenvalue weighted by molar-refractivity contribution is 4.96. The van der Waals surface area contributed by atoms with Gasteiger partial charge in [0.25, 0.3) is 0 Å². The van der Waals surface area contributed by atoms with Gasteiger partial charge in [-0.3, -0.25) is 0 Å². The van der Waals surface area contributed by atoms with E-state index in [9.17, 15) is 0 Å². The van der Waals surface area contributed by atoms with E-state index in [2.05, 4.69) is 22.7 Å². The summed E-state index contributed by atoms with van der Waals surface area (Å²) in [5.74, 6) is 1.25. The van der Waals surface area contributed by atoms with Gasteiger partial charge in [0.2, 0.25) is 0 Å². The zero-order chi connectivity index (χ0) is 10.7. The Labute approximate surface area is 91.7 Å². The molecule has 0 bridgehead atoms. The van der Waals surface area contributed by atoms with E-state index in [0.717, 1.165) is 19.3 Å². The smallest absolute Gasteiger partial charge is 0.108 e. The maximum atomic E-state index is 5.92. The second-order valence-electron chi connectivity index (χ2n) is 4.57. The SMILES string of the molecule is CCCc1nccn1C1CCC(N)CC1. The average molecular weight is 207 g/mol. The second-order valence-corrected chi connectivity index (χ2v) is 4.57. The Kier molecular flexibility index (Phi) is 3.41. The van der Waals surface area contributed by atoms with E-state index < -0.39 is 0 Å². The van der Waals surface area contributed by atoms with E-state index in [1.165, 1.54) is 25.1 Å². The molecule has 1 aromatic heterocycles.